The molecule has 0 aromatic heterocycles. The van der Waals surface area contributed by atoms with Gasteiger partial charge in [-0.3, -0.25) is 6.08 Å². The second-order valence-corrected chi connectivity index (χ2v) is 5.50. The van der Waals surface area contributed by atoms with Crippen molar-refractivity contribution in [1.82, 2.24) is 0 Å². The number of aryl methyl sites for hydroxylation is 2. The van der Waals surface area contributed by atoms with Crippen LogP contribution in [0.1, 0.15) is 28.7 Å². The summed E-state index contributed by atoms with van der Waals surface area (Å²) in [6.45, 7) is 13.1. The van der Waals surface area contributed by atoms with Crippen LogP contribution in [0.25, 0.3) is 0 Å². The maximum absolute atomic E-state index is 2.99. The zero-order valence-electron chi connectivity index (χ0n) is 13.3. The van der Waals surface area contributed by atoms with Crippen molar-refractivity contribution in [2.45, 2.75) is 47.2 Å². The van der Waals surface area contributed by atoms with E-state index in [0.717, 1.165) is 15.9 Å². The van der Waals surface area contributed by atoms with Crippen molar-refractivity contribution in [1.29, 1.82) is 0 Å². The van der Waals surface area contributed by atoms with E-state index in [2.05, 4.69) is 59.0 Å². The zero-order valence-corrected chi connectivity index (χ0v) is 18.5. The van der Waals surface area contributed by atoms with Crippen LogP contribution < -0.4 is 24.8 Å². The van der Waals surface area contributed by atoms with Crippen molar-refractivity contribution in [2.75, 3.05) is 0 Å². The van der Waals surface area contributed by atoms with Crippen LogP contribution in [0.5, 0.6) is 0 Å². The Kier molecular flexibility index (Phi) is 25.1. The molecule has 0 saturated carbocycles. The molecule has 1 aromatic carbocycles. The van der Waals surface area contributed by atoms with Crippen molar-refractivity contribution in [3.8, 4) is 0 Å². The predicted molar refractivity (Wildman–Crippen MR) is 81.4 cm³/mol. The third-order valence-corrected chi connectivity index (χ3v) is 2.76. The summed E-state index contributed by atoms with van der Waals surface area (Å²) in [6.07, 6.45) is 10.0. The fourth-order valence-corrected chi connectivity index (χ4v) is 1.47. The molecule has 1 aromatic rings. The van der Waals surface area contributed by atoms with Gasteiger partial charge in [0.1, 0.15) is 0 Å². The molecule has 0 bridgehead atoms. The molecule has 4 heteroatoms. The van der Waals surface area contributed by atoms with Gasteiger partial charge < -0.3 is 24.8 Å². The van der Waals surface area contributed by atoms with Gasteiger partial charge in [0.05, 0.1) is 0 Å². The fourth-order valence-electron chi connectivity index (χ4n) is 1.47. The smallest absolute Gasteiger partial charge is 1.00 e. The van der Waals surface area contributed by atoms with E-state index in [1.807, 2.05) is 12.2 Å². The average molecular weight is 408 g/mol. The van der Waals surface area contributed by atoms with E-state index in [1.165, 1.54) is 22.3 Å². The molecule has 1 aliphatic rings. The Morgan fingerprint density at radius 3 is 1.50 bits per heavy atom. The van der Waals surface area contributed by atoms with Crippen molar-refractivity contribution in [3.05, 3.63) is 52.6 Å². The van der Waals surface area contributed by atoms with Crippen LogP contribution in [0.4, 0.5) is 0 Å². The van der Waals surface area contributed by atoms with Gasteiger partial charge in [-0.15, -0.1) is 6.42 Å². The van der Waals surface area contributed by atoms with Crippen LogP contribution in [0, 0.1) is 33.8 Å². The maximum atomic E-state index is 2.99. The first-order valence-electron chi connectivity index (χ1n) is 6.20. The third-order valence-electron chi connectivity index (χ3n) is 2.76. The topological polar surface area (TPSA) is 0 Å². The largest absolute Gasteiger partial charge is 4.00 e. The molecular weight excluding hydrogens is 382 g/mol. The Balaban J connectivity index is -0.000000102. The molecule has 0 heterocycles. The molecule has 0 aliphatic heterocycles. The van der Waals surface area contributed by atoms with Crippen molar-refractivity contribution in [3.63, 3.8) is 0 Å². The SMILES string of the molecule is C[SiH]C.Cc1[cH-]c(C)c(C)c1C.[C-]1=CC=CC1.[Cl-].[Cl-].[Zr+4]. The van der Waals surface area contributed by atoms with E-state index in [-0.39, 0.29) is 51.0 Å². The average Bonchev–Trinajstić information content (AvgIpc) is 2.91. The molecule has 0 N–H and O–H groups in total. The fraction of sp³-hybridized carbons (Fsp3) is 0.438. The van der Waals surface area contributed by atoms with Gasteiger partial charge in [0, 0.05) is 9.52 Å². The normalized spacial score (nSPS) is 9.90. The molecule has 0 fully saturated rings. The Labute approximate surface area is 159 Å². The molecule has 0 nitrogen and oxygen atoms in total. The molecule has 0 unspecified atom stereocenters. The summed E-state index contributed by atoms with van der Waals surface area (Å²) in [7, 11) is 0.750. The van der Waals surface area contributed by atoms with Gasteiger partial charge in [0.15, 0.2) is 0 Å². The van der Waals surface area contributed by atoms with Crippen molar-refractivity contribution in [2.24, 2.45) is 0 Å². The summed E-state index contributed by atoms with van der Waals surface area (Å²) >= 11 is 0. The first-order chi connectivity index (χ1) is 8.04. The van der Waals surface area contributed by atoms with Crippen LogP contribution in [-0.2, 0) is 26.2 Å². The molecule has 1 aliphatic carbocycles. The molecule has 20 heavy (non-hydrogen) atoms. The Morgan fingerprint density at radius 1 is 1.00 bits per heavy atom. The molecule has 0 spiro atoms. The number of hydrogen-bond donors (Lipinski definition) is 0. The summed E-state index contributed by atoms with van der Waals surface area (Å²) in [6, 6.07) is 2.24. The van der Waals surface area contributed by atoms with E-state index >= 15 is 0 Å². The van der Waals surface area contributed by atoms with Crippen LogP contribution in [0.3, 0.4) is 0 Å². The number of rotatable bonds is 0. The minimum Gasteiger partial charge on any atom is -1.00 e. The van der Waals surface area contributed by atoms with Gasteiger partial charge in [-0.1, -0.05) is 40.8 Å². The first-order valence-corrected chi connectivity index (χ1v) is 8.51. The van der Waals surface area contributed by atoms with Gasteiger partial charge in [-0.2, -0.15) is 34.4 Å². The summed E-state index contributed by atoms with van der Waals surface area (Å²) in [5, 5.41) is 0. The van der Waals surface area contributed by atoms with E-state index in [4.69, 9.17) is 0 Å². The second kappa shape index (κ2) is 17.6. The predicted octanol–water partition coefficient (Wildman–Crippen LogP) is -1.53. The zero-order chi connectivity index (χ0) is 13.3. The summed E-state index contributed by atoms with van der Waals surface area (Å²) in [5.41, 5.74) is 5.75. The van der Waals surface area contributed by atoms with Crippen LogP contribution in [0.2, 0.25) is 13.1 Å². The monoisotopic (exact) mass is 405 g/mol. The van der Waals surface area contributed by atoms with Gasteiger partial charge in [0.25, 0.3) is 0 Å². The van der Waals surface area contributed by atoms with Crippen LogP contribution in [-0.4, -0.2) is 9.52 Å². The summed E-state index contributed by atoms with van der Waals surface area (Å²) < 4.78 is 0. The molecule has 0 saturated heterocycles. The Bertz CT molecular complexity index is 350. The van der Waals surface area contributed by atoms with Gasteiger partial charge in [-0.25, -0.2) is 12.2 Å². The summed E-state index contributed by atoms with van der Waals surface area (Å²) in [4.78, 5) is 0. The minimum absolute atomic E-state index is 0. The van der Waals surface area contributed by atoms with E-state index in [9.17, 15) is 0 Å². The van der Waals surface area contributed by atoms with Gasteiger partial charge >= 0.3 is 26.2 Å². The van der Waals surface area contributed by atoms with Crippen molar-refractivity contribution >= 4 is 9.52 Å². The molecule has 0 amide bonds. The third kappa shape index (κ3) is 12.3. The van der Waals surface area contributed by atoms with E-state index in [0.29, 0.717) is 0 Å². The Hall–Kier alpha value is 0.510. The summed E-state index contributed by atoms with van der Waals surface area (Å²) in [5.74, 6) is 0. The quantitative estimate of drug-likeness (QED) is 0.362. The van der Waals surface area contributed by atoms with E-state index in [1.54, 1.807) is 0 Å². The Morgan fingerprint density at radius 2 is 1.40 bits per heavy atom. The molecule has 0 atom stereocenters. The molecule has 1 radical (unpaired) electrons. The van der Waals surface area contributed by atoms with Gasteiger partial charge in [-0.05, 0) is 0 Å². The standard InChI is InChI=1S/C9H13.C5H5.C2H7Si.2ClH.Zr/c1-6-5-7(2)9(4)8(6)3;1-2-4-5-3-1;1-3-2;;;/h5H,1-4H3;1-3H,4H2;3H,1-2H3;2*1H;/q2*-1;;;;+4/p-2. The van der Waals surface area contributed by atoms with E-state index < -0.39 is 0 Å². The number of hydrogen-bond acceptors (Lipinski definition) is 0. The molecular formula is C16H25Cl2SiZr. The van der Waals surface area contributed by atoms with Crippen molar-refractivity contribution < 1.29 is 51.0 Å². The van der Waals surface area contributed by atoms with Crippen LogP contribution in [0.15, 0.2) is 24.3 Å². The molecule has 2 rings (SSSR count). The second-order valence-electron chi connectivity index (χ2n) is 4.34. The van der Waals surface area contributed by atoms with Gasteiger partial charge in [0.2, 0.25) is 0 Å². The first kappa shape index (κ1) is 28.6. The molecule has 111 valence electrons. The van der Waals surface area contributed by atoms with Crippen LogP contribution >= 0.6 is 0 Å². The number of allylic oxidation sites excluding steroid dienone is 4. The maximum Gasteiger partial charge on any atom is 4.00 e. The number of halogens is 2. The minimum atomic E-state index is 0.